The predicted molar refractivity (Wildman–Crippen MR) is 78.2 cm³/mol. The van der Waals surface area contributed by atoms with E-state index in [-0.39, 0.29) is 6.04 Å². The Labute approximate surface area is 124 Å². The number of nitrogens with zero attached hydrogens (tertiary/aromatic N) is 2. The summed E-state index contributed by atoms with van der Waals surface area (Å²) in [5.41, 5.74) is 1.03. The van der Waals surface area contributed by atoms with E-state index in [9.17, 15) is 0 Å². The second kappa shape index (κ2) is 5.87. The molecule has 0 spiro atoms. The summed E-state index contributed by atoms with van der Waals surface area (Å²) in [6.45, 7) is 2.02. The lowest BCUT2D eigenvalue weighted by Gasteiger charge is -2.15. The van der Waals surface area contributed by atoms with Crippen molar-refractivity contribution in [2.75, 3.05) is 5.32 Å². The minimum atomic E-state index is 0.0587. The second-order valence-electron chi connectivity index (χ2n) is 3.77. The van der Waals surface area contributed by atoms with Gasteiger partial charge in [-0.05, 0) is 40.5 Å². The fourth-order valence-corrected chi connectivity index (χ4v) is 2.11. The zero-order valence-corrected chi connectivity index (χ0v) is 12.6. The van der Waals surface area contributed by atoms with Crippen LogP contribution in [0, 0.1) is 0 Å². The molecule has 0 saturated heterocycles. The van der Waals surface area contributed by atoms with Gasteiger partial charge in [-0.1, -0.05) is 29.3 Å². The van der Waals surface area contributed by atoms with Gasteiger partial charge < -0.3 is 5.32 Å². The molecule has 1 heterocycles. The molecule has 18 heavy (non-hydrogen) atoms. The minimum Gasteiger partial charge on any atom is -0.362 e. The highest BCUT2D eigenvalue weighted by Gasteiger charge is 2.08. The quantitative estimate of drug-likeness (QED) is 0.873. The van der Waals surface area contributed by atoms with Gasteiger partial charge in [-0.25, -0.2) is 4.98 Å². The summed E-state index contributed by atoms with van der Waals surface area (Å²) in [7, 11) is 0. The molecule has 1 atom stereocenters. The predicted octanol–water partition coefficient (Wildman–Crippen LogP) is 4.72. The van der Waals surface area contributed by atoms with Crippen molar-refractivity contribution < 1.29 is 0 Å². The smallest absolute Gasteiger partial charge is 0.146 e. The summed E-state index contributed by atoms with van der Waals surface area (Å²) >= 11 is 15.2. The molecule has 6 heteroatoms. The van der Waals surface area contributed by atoms with Crippen LogP contribution < -0.4 is 5.32 Å². The Balaban J connectivity index is 2.16. The molecule has 1 aromatic heterocycles. The third kappa shape index (κ3) is 3.34. The first-order valence-corrected chi connectivity index (χ1v) is 6.80. The average Bonchev–Trinajstić information content (AvgIpc) is 2.32. The Morgan fingerprint density at radius 1 is 1.22 bits per heavy atom. The molecule has 0 unspecified atom stereocenters. The molecule has 0 aliphatic carbocycles. The van der Waals surface area contributed by atoms with Crippen molar-refractivity contribution >= 4 is 44.9 Å². The molecule has 3 nitrogen and oxygen atoms in total. The number of hydrogen-bond acceptors (Lipinski definition) is 3. The maximum absolute atomic E-state index is 5.99. The highest BCUT2D eigenvalue weighted by molar-refractivity contribution is 9.10. The van der Waals surface area contributed by atoms with Crippen LogP contribution in [0.15, 0.2) is 35.2 Å². The highest BCUT2D eigenvalue weighted by atomic mass is 79.9. The molecule has 0 bridgehead atoms. The van der Waals surface area contributed by atoms with Gasteiger partial charge in [0, 0.05) is 0 Å². The van der Waals surface area contributed by atoms with E-state index in [1.54, 1.807) is 18.5 Å². The summed E-state index contributed by atoms with van der Waals surface area (Å²) < 4.78 is 0.689. The van der Waals surface area contributed by atoms with Crippen molar-refractivity contribution in [3.63, 3.8) is 0 Å². The summed E-state index contributed by atoms with van der Waals surface area (Å²) in [5.74, 6) is 0.697. The van der Waals surface area contributed by atoms with Crippen molar-refractivity contribution in [1.29, 1.82) is 0 Å². The zero-order valence-electron chi connectivity index (χ0n) is 9.49. The number of hydrogen-bond donors (Lipinski definition) is 1. The average molecular weight is 347 g/mol. The normalized spacial score (nSPS) is 12.2. The molecular formula is C12H10BrCl2N3. The summed E-state index contributed by atoms with van der Waals surface area (Å²) in [6, 6.07) is 5.61. The van der Waals surface area contributed by atoms with Crippen LogP contribution in [0.25, 0.3) is 0 Å². The van der Waals surface area contributed by atoms with E-state index in [4.69, 9.17) is 23.2 Å². The Morgan fingerprint density at radius 2 is 2.00 bits per heavy atom. The maximum atomic E-state index is 5.99. The summed E-state index contributed by atoms with van der Waals surface area (Å²) in [4.78, 5) is 8.31. The molecular weight excluding hydrogens is 337 g/mol. The van der Waals surface area contributed by atoms with Gasteiger partial charge in [0.15, 0.2) is 0 Å². The van der Waals surface area contributed by atoms with E-state index in [0.717, 1.165) is 5.56 Å². The van der Waals surface area contributed by atoms with Crippen molar-refractivity contribution in [1.82, 2.24) is 9.97 Å². The molecule has 2 rings (SSSR count). The third-order valence-corrected chi connectivity index (χ3v) is 3.53. The monoisotopic (exact) mass is 345 g/mol. The number of aromatic nitrogens is 2. The van der Waals surface area contributed by atoms with Crippen LogP contribution in [0.4, 0.5) is 5.82 Å². The van der Waals surface area contributed by atoms with E-state index < -0.39 is 0 Å². The molecule has 0 aliphatic heterocycles. The van der Waals surface area contributed by atoms with Crippen molar-refractivity contribution in [2.24, 2.45) is 0 Å². The number of rotatable bonds is 3. The molecule has 0 radical (unpaired) electrons. The fourth-order valence-electron chi connectivity index (χ4n) is 1.50. The number of nitrogens with one attached hydrogen (secondary N) is 1. The first-order valence-electron chi connectivity index (χ1n) is 5.25. The van der Waals surface area contributed by atoms with Crippen molar-refractivity contribution in [3.05, 3.63) is 50.8 Å². The summed E-state index contributed by atoms with van der Waals surface area (Å²) in [5, 5.41) is 4.34. The zero-order chi connectivity index (χ0) is 13.1. The SMILES string of the molecule is C[C@H](Nc1cncc(Br)n1)c1ccc(Cl)c(Cl)c1. The van der Waals surface area contributed by atoms with Crippen LogP contribution in [0.3, 0.4) is 0 Å². The third-order valence-electron chi connectivity index (χ3n) is 2.41. The molecule has 0 fully saturated rings. The maximum Gasteiger partial charge on any atom is 0.146 e. The van der Waals surface area contributed by atoms with Crippen LogP contribution in [-0.4, -0.2) is 9.97 Å². The lowest BCUT2D eigenvalue weighted by Crippen LogP contribution is -2.08. The molecule has 0 aliphatic rings. The van der Waals surface area contributed by atoms with Gasteiger partial charge in [-0.15, -0.1) is 0 Å². The Bertz CT molecular complexity index is 563. The van der Waals surface area contributed by atoms with Gasteiger partial charge in [-0.3, -0.25) is 4.98 Å². The van der Waals surface area contributed by atoms with E-state index in [1.807, 2.05) is 19.1 Å². The van der Waals surface area contributed by atoms with Gasteiger partial charge in [-0.2, -0.15) is 0 Å². The topological polar surface area (TPSA) is 37.8 Å². The van der Waals surface area contributed by atoms with Gasteiger partial charge >= 0.3 is 0 Å². The first kappa shape index (κ1) is 13.6. The van der Waals surface area contributed by atoms with Gasteiger partial charge in [0.2, 0.25) is 0 Å². The highest BCUT2D eigenvalue weighted by Crippen LogP contribution is 2.26. The van der Waals surface area contributed by atoms with Crippen LogP contribution in [0.2, 0.25) is 10.0 Å². The molecule has 0 amide bonds. The van der Waals surface area contributed by atoms with Gasteiger partial charge in [0.1, 0.15) is 10.4 Å². The number of benzene rings is 1. The molecule has 2 aromatic rings. The molecule has 0 saturated carbocycles. The minimum absolute atomic E-state index is 0.0587. The van der Waals surface area contributed by atoms with Gasteiger partial charge in [0.25, 0.3) is 0 Å². The lowest BCUT2D eigenvalue weighted by atomic mass is 10.1. The van der Waals surface area contributed by atoms with Crippen molar-refractivity contribution in [3.8, 4) is 0 Å². The Kier molecular flexibility index (Phi) is 4.43. The molecule has 94 valence electrons. The number of anilines is 1. The van der Waals surface area contributed by atoms with E-state index in [1.165, 1.54) is 0 Å². The number of halogens is 3. The lowest BCUT2D eigenvalue weighted by molar-refractivity contribution is 0.870. The van der Waals surface area contributed by atoms with Gasteiger partial charge in [0.05, 0.1) is 28.5 Å². The van der Waals surface area contributed by atoms with Crippen LogP contribution >= 0.6 is 39.1 Å². The van der Waals surface area contributed by atoms with Crippen LogP contribution in [0.5, 0.6) is 0 Å². The Morgan fingerprint density at radius 3 is 2.67 bits per heavy atom. The van der Waals surface area contributed by atoms with E-state index >= 15 is 0 Å². The van der Waals surface area contributed by atoms with E-state index in [2.05, 4.69) is 31.2 Å². The Hall–Kier alpha value is -0.840. The molecule has 1 N–H and O–H groups in total. The van der Waals surface area contributed by atoms with E-state index in [0.29, 0.717) is 20.5 Å². The molecule has 1 aromatic carbocycles. The van der Waals surface area contributed by atoms with Crippen LogP contribution in [0.1, 0.15) is 18.5 Å². The fraction of sp³-hybridized carbons (Fsp3) is 0.167. The van der Waals surface area contributed by atoms with Crippen LogP contribution in [-0.2, 0) is 0 Å². The van der Waals surface area contributed by atoms with Crippen molar-refractivity contribution in [2.45, 2.75) is 13.0 Å². The first-order chi connectivity index (χ1) is 8.56. The standard InChI is InChI=1S/C12H10BrCl2N3/c1-7(8-2-3-9(14)10(15)4-8)17-12-6-16-5-11(13)18-12/h2-7H,1H3,(H,17,18)/t7-/m0/s1. The second-order valence-corrected chi connectivity index (χ2v) is 5.39. The summed E-state index contributed by atoms with van der Waals surface area (Å²) in [6.07, 6.45) is 3.30. The largest absolute Gasteiger partial charge is 0.362 e.